The van der Waals surface area contributed by atoms with Crippen LogP contribution in [-0.4, -0.2) is 16.2 Å². The first-order valence-electron chi connectivity index (χ1n) is 7.18. The van der Waals surface area contributed by atoms with Gasteiger partial charge in [0.25, 0.3) is 5.91 Å². The number of thioether (sulfide) groups is 1. The molecule has 1 aliphatic heterocycles. The fourth-order valence-electron chi connectivity index (χ4n) is 2.17. The number of amidine groups is 1. The van der Waals surface area contributed by atoms with Gasteiger partial charge in [0, 0.05) is 0 Å². The number of benzene rings is 2. The van der Waals surface area contributed by atoms with Crippen LogP contribution in [0.15, 0.2) is 52.4 Å². The Morgan fingerprint density at radius 3 is 2.61 bits per heavy atom. The molecular formula is C18H16N2O2S. The van der Waals surface area contributed by atoms with Crippen LogP contribution in [0.5, 0.6) is 5.75 Å². The van der Waals surface area contributed by atoms with Gasteiger partial charge in [0.05, 0.1) is 10.6 Å². The first-order valence-corrected chi connectivity index (χ1v) is 7.99. The number of nitrogens with one attached hydrogen (secondary N) is 1. The van der Waals surface area contributed by atoms with E-state index in [0.717, 1.165) is 16.8 Å². The van der Waals surface area contributed by atoms with Crippen LogP contribution in [0.25, 0.3) is 6.08 Å². The molecule has 1 heterocycles. The molecule has 0 atom stereocenters. The van der Waals surface area contributed by atoms with Crippen molar-refractivity contribution in [2.24, 2.45) is 4.99 Å². The van der Waals surface area contributed by atoms with Crippen molar-refractivity contribution >= 4 is 34.6 Å². The molecule has 116 valence electrons. The van der Waals surface area contributed by atoms with E-state index in [4.69, 9.17) is 0 Å². The van der Waals surface area contributed by atoms with Crippen LogP contribution >= 0.6 is 11.8 Å². The molecule has 0 spiro atoms. The van der Waals surface area contributed by atoms with E-state index in [9.17, 15) is 9.90 Å². The average Bonchev–Trinajstić information content (AvgIpc) is 2.86. The lowest BCUT2D eigenvalue weighted by Gasteiger charge is -2.04. The molecule has 0 saturated carbocycles. The van der Waals surface area contributed by atoms with Crippen molar-refractivity contribution in [2.45, 2.75) is 13.8 Å². The van der Waals surface area contributed by atoms with Crippen molar-refractivity contribution in [3.05, 3.63) is 64.1 Å². The van der Waals surface area contributed by atoms with Crippen molar-refractivity contribution in [1.82, 2.24) is 5.32 Å². The quantitative estimate of drug-likeness (QED) is 0.824. The number of aryl methyl sites for hydroxylation is 1. The summed E-state index contributed by atoms with van der Waals surface area (Å²) in [5, 5.41) is 12.7. The van der Waals surface area contributed by atoms with Crippen molar-refractivity contribution in [3.8, 4) is 5.75 Å². The van der Waals surface area contributed by atoms with E-state index >= 15 is 0 Å². The number of hydrogen-bond donors (Lipinski definition) is 2. The Bertz CT molecular complexity index is 823. The van der Waals surface area contributed by atoms with E-state index in [2.05, 4.69) is 10.3 Å². The molecule has 2 aromatic rings. The Kier molecular flexibility index (Phi) is 4.21. The first-order chi connectivity index (χ1) is 11.0. The number of phenolic OH excluding ortho intramolecular Hbond substituents is 1. The molecule has 0 unspecified atom stereocenters. The van der Waals surface area contributed by atoms with Gasteiger partial charge >= 0.3 is 0 Å². The number of carbonyl (C=O) groups excluding carboxylic acids is 1. The summed E-state index contributed by atoms with van der Waals surface area (Å²) >= 11 is 1.32. The highest BCUT2D eigenvalue weighted by Gasteiger charge is 2.23. The zero-order chi connectivity index (χ0) is 16.4. The summed E-state index contributed by atoms with van der Waals surface area (Å²) in [4.78, 5) is 17.2. The lowest BCUT2D eigenvalue weighted by molar-refractivity contribution is -0.115. The Hall–Kier alpha value is -2.53. The van der Waals surface area contributed by atoms with Crippen LogP contribution in [-0.2, 0) is 4.79 Å². The molecule has 3 rings (SSSR count). The third-order valence-corrected chi connectivity index (χ3v) is 4.55. The van der Waals surface area contributed by atoms with Crippen LogP contribution < -0.4 is 5.32 Å². The van der Waals surface area contributed by atoms with Crippen molar-refractivity contribution in [1.29, 1.82) is 0 Å². The molecule has 1 amide bonds. The van der Waals surface area contributed by atoms with Crippen molar-refractivity contribution < 1.29 is 9.90 Å². The normalized spacial score (nSPS) is 17.7. The Balaban J connectivity index is 1.86. The van der Waals surface area contributed by atoms with E-state index < -0.39 is 0 Å². The predicted octanol–water partition coefficient (Wildman–Crippen LogP) is 3.90. The predicted molar refractivity (Wildman–Crippen MR) is 94.8 cm³/mol. The third kappa shape index (κ3) is 3.46. The van der Waals surface area contributed by atoms with Gasteiger partial charge in [-0.05, 0) is 66.6 Å². The highest BCUT2D eigenvalue weighted by atomic mass is 32.2. The van der Waals surface area contributed by atoms with Gasteiger partial charge in [0.2, 0.25) is 0 Å². The minimum Gasteiger partial charge on any atom is -0.508 e. The number of phenols is 1. The lowest BCUT2D eigenvalue weighted by atomic mass is 10.1. The van der Waals surface area contributed by atoms with E-state index in [-0.39, 0.29) is 11.7 Å². The maximum Gasteiger partial charge on any atom is 0.264 e. The molecule has 0 bridgehead atoms. The van der Waals surface area contributed by atoms with Crippen LogP contribution in [0.4, 0.5) is 5.69 Å². The standard InChI is InChI=1S/C18H16N2O2S/c1-11-4-3-5-15(12(11)2)19-18-20-17(22)16(23-18)10-13-6-8-14(21)9-7-13/h3-10,21H,1-2H3,(H,19,20,22)/b16-10-. The molecule has 23 heavy (non-hydrogen) atoms. The second kappa shape index (κ2) is 6.30. The summed E-state index contributed by atoms with van der Waals surface area (Å²) in [6, 6.07) is 12.6. The summed E-state index contributed by atoms with van der Waals surface area (Å²) in [6.45, 7) is 4.05. The monoisotopic (exact) mass is 324 g/mol. The molecule has 1 saturated heterocycles. The van der Waals surface area contributed by atoms with E-state index in [0.29, 0.717) is 10.1 Å². The first kappa shape index (κ1) is 15.4. The van der Waals surface area contributed by atoms with Crippen LogP contribution in [0.1, 0.15) is 16.7 Å². The lowest BCUT2D eigenvalue weighted by Crippen LogP contribution is -2.19. The van der Waals surface area contributed by atoms with Crippen LogP contribution in [0.2, 0.25) is 0 Å². The molecule has 2 N–H and O–H groups in total. The highest BCUT2D eigenvalue weighted by Crippen LogP contribution is 2.30. The number of hydrogen-bond acceptors (Lipinski definition) is 4. The summed E-state index contributed by atoms with van der Waals surface area (Å²) in [5.74, 6) is 0.0416. The summed E-state index contributed by atoms with van der Waals surface area (Å²) in [5.41, 5.74) is 3.99. The zero-order valence-electron chi connectivity index (χ0n) is 12.8. The van der Waals surface area contributed by atoms with Crippen LogP contribution in [0.3, 0.4) is 0 Å². The van der Waals surface area contributed by atoms with Gasteiger partial charge in [0.1, 0.15) is 5.75 Å². The van der Waals surface area contributed by atoms with Gasteiger partial charge in [-0.1, -0.05) is 24.3 Å². The second-order valence-corrected chi connectivity index (χ2v) is 6.32. The molecular weight excluding hydrogens is 308 g/mol. The number of nitrogens with zero attached hydrogens (tertiary/aromatic N) is 1. The van der Waals surface area contributed by atoms with Gasteiger partial charge in [-0.25, -0.2) is 4.99 Å². The number of aliphatic imine (C=N–C) groups is 1. The molecule has 0 radical (unpaired) electrons. The molecule has 1 aliphatic rings. The van der Waals surface area contributed by atoms with Gasteiger partial charge in [-0.3, -0.25) is 4.79 Å². The Morgan fingerprint density at radius 2 is 1.87 bits per heavy atom. The maximum absolute atomic E-state index is 12.1. The molecule has 4 nitrogen and oxygen atoms in total. The molecule has 2 aromatic carbocycles. The molecule has 5 heteroatoms. The fourth-order valence-corrected chi connectivity index (χ4v) is 3.00. The topological polar surface area (TPSA) is 61.7 Å². The van der Waals surface area contributed by atoms with E-state index in [1.165, 1.54) is 17.3 Å². The molecule has 0 aromatic heterocycles. The summed E-state index contributed by atoms with van der Waals surface area (Å²) in [7, 11) is 0. The maximum atomic E-state index is 12.1. The number of amides is 1. The number of rotatable bonds is 2. The minimum atomic E-state index is -0.160. The fraction of sp³-hybridized carbons (Fsp3) is 0.111. The Labute approximate surface area is 139 Å². The molecule has 1 fully saturated rings. The van der Waals surface area contributed by atoms with E-state index in [1.54, 1.807) is 30.3 Å². The van der Waals surface area contributed by atoms with Crippen molar-refractivity contribution in [2.75, 3.05) is 0 Å². The smallest absolute Gasteiger partial charge is 0.264 e. The summed E-state index contributed by atoms with van der Waals surface area (Å²) < 4.78 is 0. The van der Waals surface area contributed by atoms with Crippen molar-refractivity contribution in [3.63, 3.8) is 0 Å². The largest absolute Gasteiger partial charge is 0.508 e. The third-order valence-electron chi connectivity index (χ3n) is 3.64. The number of carbonyl (C=O) groups is 1. The van der Waals surface area contributed by atoms with Gasteiger partial charge in [-0.15, -0.1) is 0 Å². The molecule has 0 aliphatic carbocycles. The van der Waals surface area contributed by atoms with E-state index in [1.807, 2.05) is 32.0 Å². The van der Waals surface area contributed by atoms with Crippen LogP contribution in [0, 0.1) is 13.8 Å². The van der Waals surface area contributed by atoms with Gasteiger partial charge < -0.3 is 10.4 Å². The highest BCUT2D eigenvalue weighted by molar-refractivity contribution is 8.18. The Morgan fingerprint density at radius 1 is 1.13 bits per heavy atom. The summed E-state index contributed by atoms with van der Waals surface area (Å²) in [6.07, 6.45) is 1.78. The minimum absolute atomic E-state index is 0.160. The van der Waals surface area contributed by atoms with Gasteiger partial charge in [-0.2, -0.15) is 0 Å². The zero-order valence-corrected chi connectivity index (χ0v) is 13.6. The number of aromatic hydroxyl groups is 1. The second-order valence-electron chi connectivity index (χ2n) is 5.29. The average molecular weight is 324 g/mol. The SMILES string of the molecule is Cc1cccc(N=C2NC(=O)/C(=C/c3ccc(O)cc3)S2)c1C. The van der Waals surface area contributed by atoms with Gasteiger partial charge in [0.15, 0.2) is 5.17 Å².